The highest BCUT2D eigenvalue weighted by Gasteiger charge is 2.13. The topological polar surface area (TPSA) is 115 Å². The fourth-order valence-electron chi connectivity index (χ4n) is 3.47. The van der Waals surface area contributed by atoms with E-state index in [2.05, 4.69) is 10.3 Å². The van der Waals surface area contributed by atoms with Gasteiger partial charge in [0.1, 0.15) is 11.3 Å². The van der Waals surface area contributed by atoms with E-state index >= 15 is 0 Å². The smallest absolute Gasteiger partial charge is 0.331 e. The molecule has 168 valence electrons. The summed E-state index contributed by atoms with van der Waals surface area (Å²) in [5.74, 6) is 0.126. The molecular weight excluding hydrogens is 424 g/mol. The number of aromatic amines is 1. The van der Waals surface area contributed by atoms with Crippen LogP contribution in [0.2, 0.25) is 0 Å². The van der Waals surface area contributed by atoms with Crippen molar-refractivity contribution in [2.24, 2.45) is 14.1 Å². The Kier molecular flexibility index (Phi) is 5.70. The second-order valence-electron chi connectivity index (χ2n) is 7.64. The number of Topliss-reactive ketones (excluding diaryl/α,β-unsaturated/α-hetero) is 1. The number of aromatic nitrogens is 3. The number of hydrogen-bond acceptors (Lipinski definition) is 5. The van der Waals surface area contributed by atoms with Crippen LogP contribution in [0.3, 0.4) is 0 Å². The summed E-state index contributed by atoms with van der Waals surface area (Å²) in [5, 5.41) is 2.71. The Bertz CT molecular complexity index is 1480. The summed E-state index contributed by atoms with van der Waals surface area (Å²) in [6.45, 7) is 1.30. The van der Waals surface area contributed by atoms with Gasteiger partial charge >= 0.3 is 5.69 Å². The number of hydrogen-bond donors (Lipinski definition) is 2. The van der Waals surface area contributed by atoms with Crippen molar-refractivity contribution in [2.45, 2.75) is 6.92 Å². The molecular formula is C24H22N4O5. The number of fused-ring (bicyclic) bond motifs is 1. The lowest BCUT2D eigenvalue weighted by atomic mass is 10.1. The average Bonchev–Trinajstić information content (AvgIpc) is 3.26. The van der Waals surface area contributed by atoms with Gasteiger partial charge in [-0.1, -0.05) is 0 Å². The van der Waals surface area contributed by atoms with Gasteiger partial charge in [-0.05, 0) is 67.1 Å². The molecule has 2 aromatic heterocycles. The van der Waals surface area contributed by atoms with E-state index in [4.69, 9.17) is 4.74 Å². The van der Waals surface area contributed by atoms with Crippen LogP contribution >= 0.6 is 0 Å². The van der Waals surface area contributed by atoms with Gasteiger partial charge in [-0.15, -0.1) is 0 Å². The lowest BCUT2D eigenvalue weighted by Gasteiger charge is -2.08. The number of ketones is 1. The summed E-state index contributed by atoms with van der Waals surface area (Å²) in [7, 11) is 3.05. The molecule has 0 bridgehead atoms. The number of benzene rings is 2. The van der Waals surface area contributed by atoms with E-state index < -0.39 is 5.69 Å². The second kappa shape index (κ2) is 8.62. The zero-order chi connectivity index (χ0) is 23.7. The summed E-state index contributed by atoms with van der Waals surface area (Å²) in [4.78, 5) is 51.0. The van der Waals surface area contributed by atoms with Crippen molar-refractivity contribution < 1.29 is 14.3 Å². The van der Waals surface area contributed by atoms with Gasteiger partial charge in [-0.25, -0.2) is 4.79 Å². The van der Waals surface area contributed by atoms with Crippen molar-refractivity contribution in [1.29, 1.82) is 0 Å². The van der Waals surface area contributed by atoms with Crippen molar-refractivity contribution in [2.75, 3.05) is 11.9 Å². The predicted molar refractivity (Wildman–Crippen MR) is 125 cm³/mol. The van der Waals surface area contributed by atoms with E-state index in [1.165, 1.54) is 18.5 Å². The SMILES string of the molecule is CC(=O)c1ccc(NC(=O)COc2ccc(-c3cc4c([nH]3)c(=O)n(C)c(=O)n4C)cc2)cc1. The maximum atomic E-state index is 12.4. The van der Waals surface area contributed by atoms with Crippen LogP contribution in [0, 0.1) is 0 Å². The standard InChI is InChI=1S/C24H22N4O5/c1-14(29)15-4-8-17(9-5-15)25-21(30)13-33-18-10-6-16(7-11-18)19-12-20-22(26-19)23(31)28(3)24(32)27(20)2/h4-12,26H,13H2,1-3H3,(H,25,30). The fraction of sp³-hybridized carbons (Fsp3) is 0.167. The van der Waals surface area contributed by atoms with Crippen molar-refractivity contribution in [3.05, 3.63) is 81.0 Å². The third-order valence-electron chi connectivity index (χ3n) is 5.36. The largest absolute Gasteiger partial charge is 0.484 e. The molecule has 9 nitrogen and oxygen atoms in total. The molecule has 0 radical (unpaired) electrons. The van der Waals surface area contributed by atoms with Gasteiger partial charge in [0.25, 0.3) is 11.5 Å². The summed E-state index contributed by atoms with van der Waals surface area (Å²) in [5.41, 5.74) is 2.71. The lowest BCUT2D eigenvalue weighted by Crippen LogP contribution is -2.36. The maximum Gasteiger partial charge on any atom is 0.331 e. The molecule has 0 aliphatic carbocycles. The number of anilines is 1. The van der Waals surface area contributed by atoms with E-state index in [0.29, 0.717) is 33.7 Å². The molecule has 0 saturated heterocycles. The number of aryl methyl sites for hydroxylation is 1. The van der Waals surface area contributed by atoms with E-state index in [1.54, 1.807) is 61.6 Å². The van der Waals surface area contributed by atoms with Crippen LogP contribution in [0.25, 0.3) is 22.3 Å². The Labute approximate surface area is 188 Å². The van der Waals surface area contributed by atoms with Gasteiger partial charge in [-0.2, -0.15) is 0 Å². The molecule has 2 heterocycles. The Hall–Kier alpha value is -4.40. The lowest BCUT2D eigenvalue weighted by molar-refractivity contribution is -0.118. The summed E-state index contributed by atoms with van der Waals surface area (Å²) in [6.07, 6.45) is 0. The number of H-pyrrole nitrogens is 1. The molecule has 9 heteroatoms. The Morgan fingerprint density at radius 3 is 2.27 bits per heavy atom. The zero-order valence-corrected chi connectivity index (χ0v) is 18.3. The molecule has 2 aromatic carbocycles. The summed E-state index contributed by atoms with van der Waals surface area (Å²) in [6, 6.07) is 15.4. The summed E-state index contributed by atoms with van der Waals surface area (Å²) < 4.78 is 8.02. The molecule has 1 amide bonds. The molecule has 0 atom stereocenters. The van der Waals surface area contributed by atoms with Crippen LogP contribution in [-0.2, 0) is 18.9 Å². The van der Waals surface area contributed by atoms with Crippen LogP contribution in [0.1, 0.15) is 17.3 Å². The van der Waals surface area contributed by atoms with Crippen LogP contribution in [0.15, 0.2) is 64.2 Å². The first kappa shape index (κ1) is 21.8. The molecule has 2 N–H and O–H groups in total. The minimum absolute atomic E-state index is 0.0429. The van der Waals surface area contributed by atoms with Crippen molar-refractivity contribution in [1.82, 2.24) is 14.1 Å². The Morgan fingerprint density at radius 1 is 0.970 bits per heavy atom. The molecule has 33 heavy (non-hydrogen) atoms. The predicted octanol–water partition coefficient (Wildman–Crippen LogP) is 2.45. The molecule has 0 unspecified atom stereocenters. The van der Waals surface area contributed by atoms with Crippen molar-refractivity contribution >= 4 is 28.4 Å². The first-order valence-corrected chi connectivity index (χ1v) is 10.2. The highest BCUT2D eigenvalue weighted by Crippen LogP contribution is 2.24. The van der Waals surface area contributed by atoms with Crippen LogP contribution in [-0.4, -0.2) is 32.4 Å². The Morgan fingerprint density at radius 2 is 1.64 bits per heavy atom. The van der Waals surface area contributed by atoms with Crippen molar-refractivity contribution in [3.8, 4) is 17.0 Å². The number of nitrogens with one attached hydrogen (secondary N) is 2. The van der Waals surface area contributed by atoms with Gasteiger partial charge in [-0.3, -0.25) is 23.5 Å². The number of rotatable bonds is 6. The Balaban J connectivity index is 1.43. The first-order valence-electron chi connectivity index (χ1n) is 10.2. The molecule has 0 fully saturated rings. The van der Waals surface area contributed by atoms with E-state index in [9.17, 15) is 19.2 Å². The van der Waals surface area contributed by atoms with Gasteiger partial charge in [0.15, 0.2) is 12.4 Å². The van der Waals surface area contributed by atoms with E-state index in [-0.39, 0.29) is 23.9 Å². The van der Waals surface area contributed by atoms with Gasteiger partial charge in [0.05, 0.1) is 5.52 Å². The zero-order valence-electron chi connectivity index (χ0n) is 18.3. The highest BCUT2D eigenvalue weighted by atomic mass is 16.5. The van der Waals surface area contributed by atoms with Gasteiger partial charge in [0.2, 0.25) is 0 Å². The van der Waals surface area contributed by atoms with Gasteiger partial charge in [0, 0.05) is 31.0 Å². The van der Waals surface area contributed by atoms with E-state index in [1.807, 2.05) is 0 Å². The number of amides is 1. The second-order valence-corrected chi connectivity index (χ2v) is 7.64. The number of ether oxygens (including phenoxy) is 1. The third-order valence-corrected chi connectivity index (χ3v) is 5.36. The molecule has 0 aliphatic heterocycles. The van der Waals surface area contributed by atoms with E-state index in [0.717, 1.165) is 10.1 Å². The molecule has 0 aliphatic rings. The maximum absolute atomic E-state index is 12.4. The highest BCUT2D eigenvalue weighted by molar-refractivity contribution is 5.96. The minimum Gasteiger partial charge on any atom is -0.484 e. The molecule has 4 rings (SSSR count). The molecule has 4 aromatic rings. The van der Waals surface area contributed by atoms with Crippen LogP contribution < -0.4 is 21.3 Å². The molecule has 0 saturated carbocycles. The van der Waals surface area contributed by atoms with Crippen LogP contribution in [0.5, 0.6) is 5.75 Å². The fourth-order valence-corrected chi connectivity index (χ4v) is 3.47. The number of carbonyl (C=O) groups excluding carboxylic acids is 2. The first-order chi connectivity index (χ1) is 15.7. The number of carbonyl (C=O) groups is 2. The summed E-state index contributed by atoms with van der Waals surface area (Å²) >= 11 is 0. The minimum atomic E-state index is -0.394. The molecule has 0 spiro atoms. The quantitative estimate of drug-likeness (QED) is 0.442. The third kappa shape index (κ3) is 4.33. The monoisotopic (exact) mass is 446 g/mol. The number of nitrogens with zero attached hydrogens (tertiary/aromatic N) is 2. The van der Waals surface area contributed by atoms with Gasteiger partial charge < -0.3 is 15.0 Å². The average molecular weight is 446 g/mol. The van der Waals surface area contributed by atoms with Crippen molar-refractivity contribution in [3.63, 3.8) is 0 Å². The van der Waals surface area contributed by atoms with Crippen LogP contribution in [0.4, 0.5) is 5.69 Å². The normalized spacial score (nSPS) is 10.9.